The Morgan fingerprint density at radius 3 is 2.50 bits per heavy atom. The van der Waals surface area contributed by atoms with Gasteiger partial charge in [-0.3, -0.25) is 9.89 Å². The standard InChI is InChI=1S/C16H14ClN3/c17-12-6-8-13(9-7-12)20-15-5-2-1-4-14(15)19-11-3-10-18-16(19)20/h1-2,4-9H,3,10-11H2. The number of halogens is 1. The molecule has 0 aliphatic carbocycles. The molecule has 3 nitrogen and oxygen atoms in total. The molecule has 20 heavy (non-hydrogen) atoms. The molecule has 2 aromatic carbocycles. The molecule has 0 fully saturated rings. The van der Waals surface area contributed by atoms with E-state index in [9.17, 15) is 0 Å². The summed E-state index contributed by atoms with van der Waals surface area (Å²) in [6, 6.07) is 16.4. The molecule has 4 rings (SSSR count). The zero-order chi connectivity index (χ0) is 13.5. The highest BCUT2D eigenvalue weighted by molar-refractivity contribution is 6.30. The Morgan fingerprint density at radius 2 is 1.70 bits per heavy atom. The molecule has 0 saturated carbocycles. The van der Waals surface area contributed by atoms with Crippen LogP contribution < -0.4 is 9.80 Å². The quantitative estimate of drug-likeness (QED) is 0.786. The normalized spacial score (nSPS) is 16.8. The van der Waals surface area contributed by atoms with Gasteiger partial charge in [0.2, 0.25) is 5.96 Å². The van der Waals surface area contributed by atoms with Crippen LogP contribution >= 0.6 is 11.6 Å². The molecule has 2 aliphatic rings. The summed E-state index contributed by atoms with van der Waals surface area (Å²) in [6.45, 7) is 1.92. The number of para-hydroxylation sites is 2. The summed E-state index contributed by atoms with van der Waals surface area (Å²) < 4.78 is 0. The number of anilines is 3. The van der Waals surface area contributed by atoms with Gasteiger partial charge in [-0.05, 0) is 42.8 Å². The molecule has 2 aliphatic heterocycles. The van der Waals surface area contributed by atoms with Crippen LogP contribution in [0.25, 0.3) is 0 Å². The lowest BCUT2D eigenvalue weighted by Gasteiger charge is -2.26. The third-order valence-corrected chi connectivity index (χ3v) is 3.98. The maximum Gasteiger partial charge on any atom is 0.210 e. The zero-order valence-electron chi connectivity index (χ0n) is 11.0. The van der Waals surface area contributed by atoms with Crippen molar-refractivity contribution in [2.75, 3.05) is 22.9 Å². The summed E-state index contributed by atoms with van der Waals surface area (Å²) in [5.41, 5.74) is 3.53. The maximum atomic E-state index is 6.00. The van der Waals surface area contributed by atoms with Gasteiger partial charge in [-0.2, -0.15) is 0 Å². The number of guanidine groups is 1. The van der Waals surface area contributed by atoms with Gasteiger partial charge in [0.25, 0.3) is 0 Å². The van der Waals surface area contributed by atoms with Gasteiger partial charge in [0.05, 0.1) is 11.4 Å². The van der Waals surface area contributed by atoms with Crippen molar-refractivity contribution in [2.24, 2.45) is 4.99 Å². The second-order valence-electron chi connectivity index (χ2n) is 4.99. The first kappa shape index (κ1) is 11.8. The minimum absolute atomic E-state index is 0.753. The number of fused-ring (bicyclic) bond motifs is 3. The third kappa shape index (κ3) is 1.70. The average molecular weight is 284 g/mol. The SMILES string of the molecule is Clc1ccc(N2C3=NCCCN3c3ccccc32)cc1. The topological polar surface area (TPSA) is 18.8 Å². The van der Waals surface area contributed by atoms with Gasteiger partial charge in [0, 0.05) is 23.8 Å². The summed E-state index contributed by atoms with van der Waals surface area (Å²) in [6.07, 6.45) is 1.10. The van der Waals surface area contributed by atoms with E-state index in [0.717, 1.165) is 36.2 Å². The fourth-order valence-electron chi connectivity index (χ4n) is 2.85. The first-order chi connectivity index (χ1) is 9.84. The molecule has 0 spiro atoms. The van der Waals surface area contributed by atoms with Gasteiger partial charge in [0.15, 0.2) is 0 Å². The van der Waals surface area contributed by atoms with Gasteiger partial charge in [-0.15, -0.1) is 0 Å². The average Bonchev–Trinajstić information content (AvgIpc) is 2.83. The van der Waals surface area contributed by atoms with Crippen LogP contribution in [0, 0.1) is 0 Å². The molecule has 0 aromatic heterocycles. The zero-order valence-corrected chi connectivity index (χ0v) is 11.7. The highest BCUT2D eigenvalue weighted by atomic mass is 35.5. The highest BCUT2D eigenvalue weighted by Gasteiger charge is 2.34. The van der Waals surface area contributed by atoms with Gasteiger partial charge in [-0.25, -0.2) is 0 Å². The Bertz CT molecular complexity index is 678. The molecule has 0 unspecified atom stereocenters. The van der Waals surface area contributed by atoms with Gasteiger partial charge in [0.1, 0.15) is 0 Å². The van der Waals surface area contributed by atoms with Crippen LogP contribution in [0.5, 0.6) is 0 Å². The molecular formula is C16H14ClN3. The van der Waals surface area contributed by atoms with Crippen molar-refractivity contribution in [3.63, 3.8) is 0 Å². The second kappa shape index (κ2) is 4.53. The number of nitrogens with zero attached hydrogens (tertiary/aromatic N) is 3. The van der Waals surface area contributed by atoms with E-state index in [4.69, 9.17) is 16.6 Å². The first-order valence-corrected chi connectivity index (χ1v) is 7.19. The smallest absolute Gasteiger partial charge is 0.210 e. The van der Waals surface area contributed by atoms with E-state index in [1.54, 1.807) is 0 Å². The number of hydrogen-bond acceptors (Lipinski definition) is 3. The first-order valence-electron chi connectivity index (χ1n) is 6.81. The van der Waals surface area contributed by atoms with E-state index in [1.807, 2.05) is 24.3 Å². The van der Waals surface area contributed by atoms with Crippen LogP contribution in [0.2, 0.25) is 5.02 Å². The molecule has 100 valence electrons. The minimum Gasteiger partial charge on any atom is -0.310 e. The van der Waals surface area contributed by atoms with Gasteiger partial charge < -0.3 is 4.90 Å². The van der Waals surface area contributed by atoms with Crippen LogP contribution in [-0.2, 0) is 0 Å². The molecule has 2 aromatic rings. The van der Waals surface area contributed by atoms with Crippen LogP contribution in [0.15, 0.2) is 53.5 Å². The van der Waals surface area contributed by atoms with E-state index in [0.29, 0.717) is 0 Å². The highest BCUT2D eigenvalue weighted by Crippen LogP contribution is 2.42. The molecule has 0 bridgehead atoms. The van der Waals surface area contributed by atoms with Crippen LogP contribution in [0.3, 0.4) is 0 Å². The fraction of sp³-hybridized carbons (Fsp3) is 0.188. The largest absolute Gasteiger partial charge is 0.310 e. The lowest BCUT2D eigenvalue weighted by Crippen LogP contribution is -2.39. The molecule has 0 radical (unpaired) electrons. The van der Waals surface area contributed by atoms with Crippen molar-refractivity contribution in [3.8, 4) is 0 Å². The molecule has 0 atom stereocenters. The third-order valence-electron chi connectivity index (χ3n) is 3.73. The van der Waals surface area contributed by atoms with Gasteiger partial charge >= 0.3 is 0 Å². The van der Waals surface area contributed by atoms with E-state index in [1.165, 1.54) is 11.4 Å². The van der Waals surface area contributed by atoms with Crippen molar-refractivity contribution >= 4 is 34.6 Å². The van der Waals surface area contributed by atoms with Crippen LogP contribution in [0.4, 0.5) is 17.1 Å². The maximum absolute atomic E-state index is 6.00. The predicted molar refractivity (Wildman–Crippen MR) is 84.3 cm³/mol. The van der Waals surface area contributed by atoms with Crippen molar-refractivity contribution in [1.29, 1.82) is 0 Å². The Kier molecular flexibility index (Phi) is 2.67. The summed E-state index contributed by atoms with van der Waals surface area (Å²) in [5.74, 6) is 1.03. The molecule has 2 heterocycles. The Hall–Kier alpha value is -2.00. The fourth-order valence-corrected chi connectivity index (χ4v) is 2.97. The van der Waals surface area contributed by atoms with E-state index >= 15 is 0 Å². The van der Waals surface area contributed by atoms with Crippen molar-refractivity contribution in [2.45, 2.75) is 6.42 Å². The molecule has 4 heteroatoms. The lowest BCUT2D eigenvalue weighted by atomic mass is 10.2. The van der Waals surface area contributed by atoms with Crippen molar-refractivity contribution < 1.29 is 0 Å². The molecule has 0 N–H and O–H groups in total. The second-order valence-corrected chi connectivity index (χ2v) is 5.42. The monoisotopic (exact) mass is 283 g/mol. The number of benzene rings is 2. The molecule has 0 amide bonds. The number of hydrogen-bond donors (Lipinski definition) is 0. The summed E-state index contributed by atoms with van der Waals surface area (Å²) in [7, 11) is 0. The van der Waals surface area contributed by atoms with Crippen molar-refractivity contribution in [1.82, 2.24) is 0 Å². The molecular weight excluding hydrogens is 270 g/mol. The van der Waals surface area contributed by atoms with Crippen LogP contribution in [0.1, 0.15) is 6.42 Å². The minimum atomic E-state index is 0.753. The van der Waals surface area contributed by atoms with Crippen LogP contribution in [-0.4, -0.2) is 19.0 Å². The molecule has 0 saturated heterocycles. The van der Waals surface area contributed by atoms with Gasteiger partial charge in [-0.1, -0.05) is 23.7 Å². The van der Waals surface area contributed by atoms with E-state index in [2.05, 4.69) is 34.1 Å². The Labute approximate surface area is 123 Å². The number of aliphatic imine (C=N–C) groups is 1. The predicted octanol–water partition coefficient (Wildman–Crippen LogP) is 4.06. The lowest BCUT2D eigenvalue weighted by molar-refractivity contribution is 0.792. The van der Waals surface area contributed by atoms with E-state index < -0.39 is 0 Å². The summed E-state index contributed by atoms with van der Waals surface area (Å²) in [4.78, 5) is 9.23. The van der Waals surface area contributed by atoms with Crippen molar-refractivity contribution in [3.05, 3.63) is 53.6 Å². The Balaban J connectivity index is 1.89. The van der Waals surface area contributed by atoms with E-state index in [-0.39, 0.29) is 0 Å². The summed E-state index contributed by atoms with van der Waals surface area (Å²) >= 11 is 6.00. The number of rotatable bonds is 1. The Morgan fingerprint density at radius 1 is 0.950 bits per heavy atom. The summed E-state index contributed by atoms with van der Waals surface area (Å²) in [5, 5.41) is 0.753.